The Bertz CT molecular complexity index is 3150. The summed E-state index contributed by atoms with van der Waals surface area (Å²) in [6, 6.07) is 51.2. The summed E-state index contributed by atoms with van der Waals surface area (Å²) in [6.07, 6.45) is 0. The smallest absolute Gasteiger partial charge is 0.164 e. The van der Waals surface area contributed by atoms with Crippen LogP contribution in [0.25, 0.3) is 111 Å². The van der Waals surface area contributed by atoms with Gasteiger partial charge in [0.15, 0.2) is 17.5 Å². The molecule has 0 radical (unpaired) electrons. The summed E-state index contributed by atoms with van der Waals surface area (Å²) in [5, 5.41) is 6.46. The van der Waals surface area contributed by atoms with Gasteiger partial charge in [0.25, 0.3) is 0 Å². The summed E-state index contributed by atoms with van der Waals surface area (Å²) in [4.78, 5) is 15.0. The van der Waals surface area contributed by atoms with Crippen molar-refractivity contribution in [3.05, 3.63) is 152 Å². The molecular weight excluding hydrogens is 631 g/mol. The molecular formula is C45H25N3O3. The minimum absolute atomic E-state index is 0.578. The number of fused-ring (bicyclic) bond motifs is 9. The number of hydrogen-bond donors (Lipinski definition) is 0. The first-order valence-corrected chi connectivity index (χ1v) is 16.8. The van der Waals surface area contributed by atoms with Crippen molar-refractivity contribution < 1.29 is 13.3 Å². The highest BCUT2D eigenvalue weighted by atomic mass is 16.3. The van der Waals surface area contributed by atoms with Crippen LogP contribution in [0.2, 0.25) is 0 Å². The van der Waals surface area contributed by atoms with E-state index in [1.165, 1.54) is 0 Å². The molecule has 0 aliphatic carbocycles. The first-order valence-electron chi connectivity index (χ1n) is 16.8. The van der Waals surface area contributed by atoms with E-state index in [9.17, 15) is 0 Å². The average molecular weight is 656 g/mol. The molecule has 0 saturated carbocycles. The van der Waals surface area contributed by atoms with E-state index in [-0.39, 0.29) is 0 Å². The highest BCUT2D eigenvalue weighted by Crippen LogP contribution is 2.39. The molecule has 0 aliphatic heterocycles. The molecule has 0 fully saturated rings. The standard InChI is InChI=1S/C45H25N3O3/c1-2-9-26(10-3-1)43-46-44(48-45(47-43)30-18-20-33-31-13-4-6-15-37(31)49-40(33)23-30)29-12-8-11-27(21-29)28-17-19-34-36-24-35-32-14-5-7-16-38(32)50-41(35)25-42(36)51-39(34)22-28/h1-25H. The van der Waals surface area contributed by atoms with Crippen molar-refractivity contribution in [3.8, 4) is 45.3 Å². The van der Waals surface area contributed by atoms with E-state index >= 15 is 0 Å². The molecule has 0 atom stereocenters. The van der Waals surface area contributed by atoms with Gasteiger partial charge in [0.1, 0.15) is 33.5 Å². The number of aromatic nitrogens is 3. The van der Waals surface area contributed by atoms with Gasteiger partial charge in [-0.25, -0.2) is 15.0 Å². The van der Waals surface area contributed by atoms with Crippen molar-refractivity contribution in [2.45, 2.75) is 0 Å². The Morgan fingerprint density at radius 1 is 0.255 bits per heavy atom. The fourth-order valence-electron chi connectivity index (χ4n) is 7.23. The summed E-state index contributed by atoms with van der Waals surface area (Å²) in [6.45, 7) is 0. The number of hydrogen-bond acceptors (Lipinski definition) is 6. The molecule has 0 spiro atoms. The molecule has 0 aliphatic rings. The lowest BCUT2D eigenvalue weighted by Crippen LogP contribution is -2.00. The quantitative estimate of drug-likeness (QED) is 0.188. The Morgan fingerprint density at radius 3 is 1.39 bits per heavy atom. The Morgan fingerprint density at radius 2 is 0.686 bits per heavy atom. The number of nitrogens with zero attached hydrogens (tertiary/aromatic N) is 3. The van der Waals surface area contributed by atoms with Crippen molar-refractivity contribution in [1.29, 1.82) is 0 Å². The van der Waals surface area contributed by atoms with Gasteiger partial charge < -0.3 is 13.3 Å². The van der Waals surface area contributed by atoms with Crippen LogP contribution in [0.1, 0.15) is 0 Å². The first kappa shape index (κ1) is 27.9. The summed E-state index contributed by atoms with van der Waals surface area (Å²) in [7, 11) is 0. The third kappa shape index (κ3) is 4.47. The lowest BCUT2D eigenvalue weighted by Gasteiger charge is -2.10. The van der Waals surface area contributed by atoms with Crippen LogP contribution < -0.4 is 0 Å². The molecule has 0 saturated heterocycles. The minimum atomic E-state index is 0.578. The van der Waals surface area contributed by atoms with Gasteiger partial charge in [0.05, 0.1) is 0 Å². The van der Waals surface area contributed by atoms with E-state index in [1.54, 1.807) is 0 Å². The van der Waals surface area contributed by atoms with E-state index in [0.29, 0.717) is 17.5 Å². The maximum absolute atomic E-state index is 6.41. The number of benzene rings is 7. The zero-order valence-corrected chi connectivity index (χ0v) is 27.0. The fourth-order valence-corrected chi connectivity index (χ4v) is 7.23. The van der Waals surface area contributed by atoms with E-state index < -0.39 is 0 Å². The number of furan rings is 3. The predicted molar refractivity (Wildman–Crippen MR) is 203 cm³/mol. The maximum atomic E-state index is 6.41. The van der Waals surface area contributed by atoms with Crippen LogP contribution in [0.5, 0.6) is 0 Å². The van der Waals surface area contributed by atoms with Gasteiger partial charge in [-0.1, -0.05) is 97.1 Å². The molecule has 238 valence electrons. The highest BCUT2D eigenvalue weighted by molar-refractivity contribution is 6.15. The van der Waals surface area contributed by atoms with Gasteiger partial charge in [0, 0.05) is 55.1 Å². The van der Waals surface area contributed by atoms with Gasteiger partial charge in [-0.3, -0.25) is 0 Å². The maximum Gasteiger partial charge on any atom is 0.164 e. The zero-order chi connectivity index (χ0) is 33.5. The van der Waals surface area contributed by atoms with Gasteiger partial charge in [-0.2, -0.15) is 0 Å². The monoisotopic (exact) mass is 655 g/mol. The van der Waals surface area contributed by atoms with Gasteiger partial charge in [0.2, 0.25) is 0 Å². The second-order valence-corrected chi connectivity index (χ2v) is 12.8. The minimum Gasteiger partial charge on any atom is -0.456 e. The first-order chi connectivity index (χ1) is 25.2. The molecule has 0 unspecified atom stereocenters. The van der Waals surface area contributed by atoms with E-state index in [4.69, 9.17) is 28.2 Å². The molecule has 51 heavy (non-hydrogen) atoms. The van der Waals surface area contributed by atoms with Crippen LogP contribution in [0.15, 0.2) is 165 Å². The van der Waals surface area contributed by atoms with Crippen LogP contribution in [-0.2, 0) is 0 Å². The van der Waals surface area contributed by atoms with Crippen LogP contribution in [0.4, 0.5) is 0 Å². The summed E-state index contributed by atoms with van der Waals surface area (Å²) in [5.41, 5.74) is 9.68. The molecule has 4 heterocycles. The molecule has 0 N–H and O–H groups in total. The van der Waals surface area contributed by atoms with E-state index in [1.807, 2.05) is 91.0 Å². The largest absolute Gasteiger partial charge is 0.456 e. The van der Waals surface area contributed by atoms with Crippen molar-refractivity contribution in [2.24, 2.45) is 0 Å². The van der Waals surface area contributed by atoms with E-state index in [0.717, 1.165) is 93.6 Å². The van der Waals surface area contributed by atoms with Crippen LogP contribution in [0.3, 0.4) is 0 Å². The van der Waals surface area contributed by atoms with Crippen LogP contribution >= 0.6 is 0 Å². The van der Waals surface area contributed by atoms with Crippen molar-refractivity contribution >= 4 is 65.8 Å². The molecule has 6 nitrogen and oxygen atoms in total. The van der Waals surface area contributed by atoms with Crippen molar-refractivity contribution in [1.82, 2.24) is 15.0 Å². The lowest BCUT2D eigenvalue weighted by molar-refractivity contribution is 0.656. The molecule has 11 aromatic rings. The van der Waals surface area contributed by atoms with Gasteiger partial charge in [-0.05, 0) is 59.7 Å². The second kappa shape index (κ2) is 10.7. The van der Waals surface area contributed by atoms with Crippen LogP contribution in [-0.4, -0.2) is 15.0 Å². The number of rotatable bonds is 4. The molecule has 11 rings (SSSR count). The topological polar surface area (TPSA) is 78.1 Å². The third-order valence-corrected chi connectivity index (χ3v) is 9.73. The predicted octanol–water partition coefficient (Wildman–Crippen LogP) is 12.2. The summed E-state index contributed by atoms with van der Waals surface area (Å²) < 4.78 is 18.7. The number of para-hydroxylation sites is 2. The van der Waals surface area contributed by atoms with Crippen molar-refractivity contribution in [3.63, 3.8) is 0 Å². The third-order valence-electron chi connectivity index (χ3n) is 9.73. The molecule has 0 bridgehead atoms. The highest BCUT2D eigenvalue weighted by Gasteiger charge is 2.17. The Balaban J connectivity index is 1.02. The Labute approximate surface area is 290 Å². The normalized spacial score (nSPS) is 11.9. The average Bonchev–Trinajstić information content (AvgIpc) is 3.87. The molecule has 0 amide bonds. The molecule has 6 heteroatoms. The second-order valence-electron chi connectivity index (χ2n) is 12.8. The van der Waals surface area contributed by atoms with E-state index in [2.05, 4.69) is 60.7 Å². The van der Waals surface area contributed by atoms with Gasteiger partial charge in [-0.15, -0.1) is 0 Å². The Kier molecular flexibility index (Phi) is 5.86. The Hall–Kier alpha value is -7.05. The SMILES string of the molecule is c1ccc(-c2nc(-c3cccc(-c4ccc5c(c4)oc4cc6oc7ccccc7c6cc45)c3)nc(-c3ccc4c(c3)oc3ccccc34)n2)cc1. The van der Waals surface area contributed by atoms with Gasteiger partial charge >= 0.3 is 0 Å². The molecule has 4 aromatic heterocycles. The zero-order valence-electron chi connectivity index (χ0n) is 27.0. The molecule has 7 aromatic carbocycles. The summed E-state index contributed by atoms with van der Waals surface area (Å²) in [5.74, 6) is 1.77. The van der Waals surface area contributed by atoms with Crippen molar-refractivity contribution in [2.75, 3.05) is 0 Å². The lowest BCUT2D eigenvalue weighted by atomic mass is 10.0. The van der Waals surface area contributed by atoms with Crippen LogP contribution in [0, 0.1) is 0 Å². The fraction of sp³-hybridized carbons (Fsp3) is 0. The summed E-state index contributed by atoms with van der Waals surface area (Å²) >= 11 is 0.